The van der Waals surface area contributed by atoms with Gasteiger partial charge in [-0.3, -0.25) is 0 Å². The second-order valence-corrected chi connectivity index (χ2v) is 15.2. The van der Waals surface area contributed by atoms with Gasteiger partial charge in [0.05, 0.1) is 26.6 Å². The number of hydrogen-bond acceptors (Lipinski definition) is 2. The van der Waals surface area contributed by atoms with Gasteiger partial charge in [-0.15, -0.1) is 0 Å². The maximum absolute atomic E-state index is 7.50. The van der Waals surface area contributed by atoms with Crippen LogP contribution in [0.5, 0.6) is 0 Å². The molecule has 54 heavy (non-hydrogen) atoms. The van der Waals surface area contributed by atoms with Crippen LogP contribution in [0, 0.1) is 66.5 Å². The van der Waals surface area contributed by atoms with Crippen molar-refractivity contribution in [3.05, 3.63) is 111 Å². The van der Waals surface area contributed by atoms with Gasteiger partial charge in [-0.05, 0) is 104 Å². The summed E-state index contributed by atoms with van der Waals surface area (Å²) < 4.78 is 87.0. The van der Waals surface area contributed by atoms with Crippen LogP contribution in [-0.4, -0.2) is 22.0 Å². The van der Waals surface area contributed by atoms with E-state index in [1.807, 2.05) is 0 Å². The molecule has 0 aromatic rings. The van der Waals surface area contributed by atoms with Crippen LogP contribution < -0.4 is 0 Å². The minimum Gasteiger partial charge on any atom is 0 e. The molecule has 16 heteroatoms. The van der Waals surface area contributed by atoms with Crippen LogP contribution in [-0.2, 0) is 90.3 Å². The molecule has 4 atom stereocenters. The maximum atomic E-state index is 7.50. The molecule has 12 nitrogen and oxygen atoms in total. The maximum Gasteiger partial charge on any atom is 0 e. The molecular weight excluding hydrogens is 814 g/mol. The standard InChI is InChI=1S/2C14H23OP.10CO.2Cr/c2*1-7-8-13-15-16(13)14(6)11(4)9(2)10(3)12(14)5;10*1-2;;/h2*13H,7-8H2,1-6H3;;;;;;;;;;;;/t2*13-,16+;;;;;;;;;;;;/m10............/s1. The van der Waals surface area contributed by atoms with Gasteiger partial charge in [-0.1, -0.05) is 49.0 Å². The molecule has 0 bridgehead atoms. The van der Waals surface area contributed by atoms with E-state index >= 15 is 0 Å². The summed E-state index contributed by atoms with van der Waals surface area (Å²) in [6.45, 7) is 72.5. The zero-order chi connectivity index (χ0) is 44.2. The average molecular weight is 861 g/mol. The monoisotopic (exact) mass is 860 g/mol. The number of allylic oxidation sites excluding steroid dienone is 8. The SMILES string of the molecule is CCC[C@@H]1O[P@]1C1(C)C(C)=C(C)C(C)=C1C.CCC[C@H]1O[P@@]1C1(C)C(C)=C(C)C(C)=C1C.[C-]#[O+].[C-]#[O+].[C-]#[O+].[C-]#[O+].[C-]#[O+].[C-]#[O+].[C-]#[O+].[C-]#[O+].[C-]#[O+].[C-]#[O+].[Cr].[Cr]. The smallest absolute Gasteiger partial charge is 0 e. The van der Waals surface area contributed by atoms with Crippen molar-refractivity contribution in [1.82, 2.24) is 0 Å². The van der Waals surface area contributed by atoms with Crippen molar-refractivity contribution in [3.8, 4) is 0 Å². The van der Waals surface area contributed by atoms with E-state index in [9.17, 15) is 0 Å². The third-order valence-corrected chi connectivity index (χ3v) is 14.6. The van der Waals surface area contributed by atoms with Gasteiger partial charge in [0.2, 0.25) is 0 Å². The van der Waals surface area contributed by atoms with Crippen molar-refractivity contribution in [3.63, 3.8) is 0 Å². The summed E-state index contributed by atoms with van der Waals surface area (Å²) in [6.07, 6.45) is 4.95. The first kappa shape index (κ1) is 76.8. The summed E-state index contributed by atoms with van der Waals surface area (Å²) in [7, 11) is -0.501. The predicted molar refractivity (Wildman–Crippen MR) is 183 cm³/mol. The Labute approximate surface area is 346 Å². The minimum atomic E-state index is -0.251. The van der Waals surface area contributed by atoms with Gasteiger partial charge < -0.3 is 9.05 Å². The average Bonchev–Trinajstić information content (AvgIpc) is 4.18. The molecule has 2 aliphatic heterocycles. The molecule has 0 unspecified atom stereocenters. The van der Waals surface area contributed by atoms with E-state index in [-0.39, 0.29) is 61.3 Å². The Hall–Kier alpha value is -1.80. The predicted octanol–water partition coefficient (Wildman–Crippen LogP) is 9.59. The van der Waals surface area contributed by atoms with E-state index in [1.165, 1.54) is 48.0 Å². The van der Waals surface area contributed by atoms with E-state index < -0.39 is 0 Å². The molecule has 2 heterocycles. The normalized spacial score (nSPS) is 19.7. The van der Waals surface area contributed by atoms with Crippen molar-refractivity contribution in [2.75, 3.05) is 0 Å². The molecule has 2 aliphatic carbocycles. The summed E-state index contributed by atoms with van der Waals surface area (Å²) in [5, 5.41) is 0.479. The molecule has 4 aliphatic rings. The fourth-order valence-corrected chi connectivity index (χ4v) is 11.1. The Morgan fingerprint density at radius 3 is 0.685 bits per heavy atom. The van der Waals surface area contributed by atoms with Gasteiger partial charge in [0, 0.05) is 34.7 Å². The largest absolute Gasteiger partial charge is 0 e. The second-order valence-electron chi connectivity index (χ2n) is 10.5. The second kappa shape index (κ2) is 47.4. The van der Waals surface area contributed by atoms with Gasteiger partial charge in [0.15, 0.2) is 0 Å². The van der Waals surface area contributed by atoms with Crippen LogP contribution in [0.4, 0.5) is 0 Å². The topological polar surface area (TPSA) is 224 Å². The zero-order valence-electron chi connectivity index (χ0n) is 32.6. The number of rotatable bonds is 6. The third kappa shape index (κ3) is 20.9. The van der Waals surface area contributed by atoms with Crippen molar-refractivity contribution in [2.45, 2.75) is 131 Å². The molecule has 4 rings (SSSR count). The van der Waals surface area contributed by atoms with E-state index in [4.69, 9.17) is 55.6 Å². The van der Waals surface area contributed by atoms with E-state index in [1.54, 1.807) is 22.3 Å². The molecule has 0 amide bonds. The summed E-state index contributed by atoms with van der Waals surface area (Å²) >= 11 is 0. The van der Waals surface area contributed by atoms with Crippen molar-refractivity contribution >= 4 is 16.3 Å². The Kier molecular flexibility index (Phi) is 67.4. The Morgan fingerprint density at radius 2 is 0.556 bits per heavy atom. The Bertz CT molecular complexity index is 1150. The molecule has 2 saturated heterocycles. The van der Waals surface area contributed by atoms with Crippen LogP contribution >= 0.6 is 16.3 Å². The first-order valence-corrected chi connectivity index (χ1v) is 17.2. The molecule has 0 radical (unpaired) electrons. The van der Waals surface area contributed by atoms with Crippen LogP contribution in [0.2, 0.25) is 0 Å². The summed E-state index contributed by atoms with van der Waals surface area (Å²) in [4.78, 5) is 0. The zero-order valence-corrected chi connectivity index (χ0v) is 36.9. The van der Waals surface area contributed by atoms with Gasteiger partial charge in [-0.25, -0.2) is 0 Å². The summed E-state index contributed by atoms with van der Waals surface area (Å²) in [5.74, 6) is 1.13. The van der Waals surface area contributed by atoms with Gasteiger partial charge >= 0.3 is 113 Å². The van der Waals surface area contributed by atoms with Crippen molar-refractivity contribution < 1.29 is 90.3 Å². The van der Waals surface area contributed by atoms with Crippen LogP contribution in [0.3, 0.4) is 0 Å². The van der Waals surface area contributed by atoms with Gasteiger partial charge in [0.25, 0.3) is 0 Å². The number of hydrogen-bond donors (Lipinski definition) is 0. The van der Waals surface area contributed by atoms with Crippen LogP contribution in [0.1, 0.15) is 109 Å². The third-order valence-electron chi connectivity index (χ3n) is 9.15. The molecular formula is C38H46Cr2O12P2. The molecule has 0 spiro atoms. The minimum absolute atomic E-state index is 0. The van der Waals surface area contributed by atoms with Crippen LogP contribution in [0.25, 0.3) is 0 Å². The summed E-state index contributed by atoms with van der Waals surface area (Å²) in [5.41, 5.74) is 12.2. The Balaban J connectivity index is -0.0000000598. The molecule has 0 saturated carbocycles. The molecule has 0 aromatic heterocycles. The summed E-state index contributed by atoms with van der Waals surface area (Å²) in [6, 6.07) is 0. The van der Waals surface area contributed by atoms with E-state index in [0.29, 0.717) is 11.7 Å². The van der Waals surface area contributed by atoms with Gasteiger partial charge in [0.1, 0.15) is 11.7 Å². The first-order valence-electron chi connectivity index (χ1n) is 14.6. The van der Waals surface area contributed by atoms with Crippen molar-refractivity contribution in [2.24, 2.45) is 0 Å². The van der Waals surface area contributed by atoms with Crippen LogP contribution in [0.15, 0.2) is 44.6 Å². The molecule has 292 valence electrons. The molecule has 0 N–H and O–H groups in total. The first-order chi connectivity index (χ1) is 24.9. The van der Waals surface area contributed by atoms with E-state index in [0.717, 1.165) is 0 Å². The molecule has 2 fully saturated rings. The van der Waals surface area contributed by atoms with E-state index in [2.05, 4.69) is 150 Å². The quantitative estimate of drug-likeness (QED) is 0.110. The Morgan fingerprint density at radius 1 is 0.407 bits per heavy atom. The fraction of sp³-hybridized carbons (Fsp3) is 0.526. The van der Waals surface area contributed by atoms with Gasteiger partial charge in [-0.2, -0.15) is 0 Å². The molecule has 0 aromatic carbocycles. The fourth-order valence-electron chi connectivity index (χ4n) is 5.64. The van der Waals surface area contributed by atoms with Crippen molar-refractivity contribution in [1.29, 1.82) is 0 Å².